The van der Waals surface area contributed by atoms with E-state index in [0.29, 0.717) is 11.5 Å². The maximum Gasteiger partial charge on any atom is 0.320 e. The molecule has 70 valence electrons. The number of hydrogen-bond acceptors (Lipinski definition) is 4. The quantitative estimate of drug-likeness (QED) is 0.711. The van der Waals surface area contributed by atoms with Crippen molar-refractivity contribution in [3.05, 3.63) is 0 Å². The van der Waals surface area contributed by atoms with Crippen LogP contribution in [0, 0.1) is 0 Å². The zero-order valence-electron chi connectivity index (χ0n) is 6.65. The van der Waals surface area contributed by atoms with Gasteiger partial charge in [0.05, 0.1) is 6.61 Å². The van der Waals surface area contributed by atoms with Crippen LogP contribution in [-0.4, -0.2) is 44.8 Å². The Morgan fingerprint density at radius 3 is 2.83 bits per heavy atom. The van der Waals surface area contributed by atoms with Gasteiger partial charge in [0.15, 0.2) is 0 Å². The Hall–Kier alpha value is 0.130. The first-order valence-electron chi connectivity index (χ1n) is 3.77. The van der Waals surface area contributed by atoms with Gasteiger partial charge in [-0.15, -0.1) is 11.8 Å². The van der Waals surface area contributed by atoms with Crippen molar-refractivity contribution in [2.75, 3.05) is 23.9 Å². The summed E-state index contributed by atoms with van der Waals surface area (Å²) in [6, 6.07) is 0. The molecule has 1 atom stereocenters. The lowest BCUT2D eigenvalue weighted by atomic mass is 10.1. The Morgan fingerprint density at radius 1 is 1.67 bits per heavy atom. The molecule has 0 aliphatic carbocycles. The summed E-state index contributed by atoms with van der Waals surface area (Å²) in [7, 11) is 0. The minimum atomic E-state index is -0.731. The molecule has 0 spiro atoms. The van der Waals surface area contributed by atoms with Gasteiger partial charge in [-0.05, 0) is 12.2 Å². The van der Waals surface area contributed by atoms with E-state index in [0.717, 1.165) is 12.2 Å². The Bertz CT molecular complexity index is 166. The van der Waals surface area contributed by atoms with Crippen molar-refractivity contribution >= 4 is 29.5 Å². The van der Waals surface area contributed by atoms with Crippen molar-refractivity contribution < 1.29 is 15.0 Å². The molecule has 0 aromatic carbocycles. The maximum absolute atomic E-state index is 10.9. The van der Waals surface area contributed by atoms with E-state index in [1.807, 2.05) is 0 Å². The van der Waals surface area contributed by atoms with E-state index in [1.54, 1.807) is 11.8 Å². The van der Waals surface area contributed by atoms with Gasteiger partial charge < -0.3 is 10.2 Å². The molecule has 12 heavy (non-hydrogen) atoms. The number of hydrogen-bond donors (Lipinski definition) is 2. The van der Waals surface area contributed by atoms with Gasteiger partial charge in [0.1, 0.15) is 4.75 Å². The second kappa shape index (κ2) is 4.39. The van der Waals surface area contributed by atoms with Gasteiger partial charge in [-0.2, -0.15) is 11.8 Å². The van der Waals surface area contributed by atoms with Gasteiger partial charge >= 0.3 is 5.97 Å². The molecule has 0 amide bonds. The topological polar surface area (TPSA) is 57.5 Å². The second-order valence-corrected chi connectivity index (χ2v) is 5.26. The third-order valence-corrected chi connectivity index (χ3v) is 4.68. The zero-order chi connectivity index (χ0) is 9.03. The number of thioether (sulfide) groups is 2. The molecule has 1 fully saturated rings. The van der Waals surface area contributed by atoms with Crippen molar-refractivity contribution in [1.82, 2.24) is 0 Å². The van der Waals surface area contributed by atoms with Gasteiger partial charge in [-0.1, -0.05) is 0 Å². The number of carbonyl (C=O) groups is 1. The molecule has 0 aromatic rings. The standard InChI is InChI=1S/C7H12O3S2/c8-2-4-12-7(6(9)10)1-3-11-5-7/h8H,1-5H2,(H,9,10). The molecule has 1 aliphatic rings. The van der Waals surface area contributed by atoms with Crippen LogP contribution in [0.2, 0.25) is 0 Å². The fraction of sp³-hybridized carbons (Fsp3) is 0.857. The van der Waals surface area contributed by atoms with E-state index < -0.39 is 10.7 Å². The number of carboxylic acid groups (broad SMARTS) is 1. The molecule has 0 bridgehead atoms. The van der Waals surface area contributed by atoms with Gasteiger partial charge in [-0.25, -0.2) is 0 Å². The van der Waals surface area contributed by atoms with E-state index in [4.69, 9.17) is 10.2 Å². The first-order chi connectivity index (χ1) is 5.71. The molecule has 3 nitrogen and oxygen atoms in total. The molecule has 0 aromatic heterocycles. The summed E-state index contributed by atoms with van der Waals surface area (Å²) in [5.74, 6) is 1.39. The third kappa shape index (κ3) is 2.08. The lowest BCUT2D eigenvalue weighted by molar-refractivity contribution is -0.139. The number of carboxylic acids is 1. The molecular weight excluding hydrogens is 196 g/mol. The van der Waals surface area contributed by atoms with Crippen LogP contribution >= 0.6 is 23.5 Å². The smallest absolute Gasteiger partial charge is 0.320 e. The molecule has 1 unspecified atom stereocenters. The lowest BCUT2D eigenvalue weighted by Crippen LogP contribution is -2.35. The summed E-state index contributed by atoms with van der Waals surface area (Å²) in [4.78, 5) is 10.9. The predicted octanol–water partition coefficient (Wildman–Crippen LogP) is 0.672. The van der Waals surface area contributed by atoms with E-state index >= 15 is 0 Å². The number of aliphatic hydroxyl groups excluding tert-OH is 1. The van der Waals surface area contributed by atoms with Crippen LogP contribution in [0.15, 0.2) is 0 Å². The average molecular weight is 208 g/mol. The minimum Gasteiger partial charge on any atom is -0.480 e. The van der Waals surface area contributed by atoms with Gasteiger partial charge in [0, 0.05) is 11.5 Å². The van der Waals surface area contributed by atoms with Crippen LogP contribution in [-0.2, 0) is 4.79 Å². The van der Waals surface area contributed by atoms with Gasteiger partial charge in [0.25, 0.3) is 0 Å². The summed E-state index contributed by atoms with van der Waals surface area (Å²) in [6.45, 7) is 0.0599. The molecule has 1 rings (SSSR count). The van der Waals surface area contributed by atoms with E-state index in [-0.39, 0.29) is 6.61 Å². The van der Waals surface area contributed by atoms with E-state index in [2.05, 4.69) is 0 Å². The second-order valence-electron chi connectivity index (χ2n) is 2.67. The Labute approximate surface area is 79.9 Å². The number of aliphatic carboxylic acids is 1. The molecule has 2 N–H and O–H groups in total. The van der Waals surface area contributed by atoms with Crippen molar-refractivity contribution in [3.63, 3.8) is 0 Å². The largest absolute Gasteiger partial charge is 0.480 e. The molecule has 5 heteroatoms. The molecule has 1 heterocycles. The monoisotopic (exact) mass is 208 g/mol. The molecule has 0 saturated carbocycles. The van der Waals surface area contributed by atoms with Gasteiger partial charge in [0.2, 0.25) is 0 Å². The fourth-order valence-electron chi connectivity index (χ4n) is 1.13. The van der Waals surface area contributed by atoms with Crippen LogP contribution < -0.4 is 0 Å². The summed E-state index contributed by atoms with van der Waals surface area (Å²) >= 11 is 3.05. The zero-order valence-corrected chi connectivity index (χ0v) is 8.29. The highest BCUT2D eigenvalue weighted by atomic mass is 32.2. The first kappa shape index (κ1) is 10.2. The molecule has 0 radical (unpaired) electrons. The SMILES string of the molecule is O=C(O)C1(SCCO)CCSC1. The first-order valence-corrected chi connectivity index (χ1v) is 5.91. The lowest BCUT2D eigenvalue weighted by Gasteiger charge is -2.21. The highest BCUT2D eigenvalue weighted by molar-refractivity contribution is 8.05. The average Bonchev–Trinajstić information content (AvgIpc) is 2.50. The van der Waals surface area contributed by atoms with E-state index in [1.165, 1.54) is 11.8 Å². The van der Waals surface area contributed by atoms with Crippen molar-refractivity contribution in [1.29, 1.82) is 0 Å². The fourth-order valence-corrected chi connectivity index (χ4v) is 3.93. The summed E-state index contributed by atoms with van der Waals surface area (Å²) in [5, 5.41) is 17.6. The van der Waals surface area contributed by atoms with Crippen LogP contribution in [0.25, 0.3) is 0 Å². The van der Waals surface area contributed by atoms with Gasteiger partial charge in [-0.3, -0.25) is 4.79 Å². The summed E-state index contributed by atoms with van der Waals surface area (Å²) in [6.07, 6.45) is 0.720. The number of rotatable bonds is 4. The number of aliphatic hydroxyl groups is 1. The summed E-state index contributed by atoms with van der Waals surface area (Å²) < 4.78 is -0.618. The van der Waals surface area contributed by atoms with Crippen LogP contribution in [0.1, 0.15) is 6.42 Å². The van der Waals surface area contributed by atoms with Crippen molar-refractivity contribution in [3.8, 4) is 0 Å². The Morgan fingerprint density at radius 2 is 2.42 bits per heavy atom. The highest BCUT2D eigenvalue weighted by Gasteiger charge is 2.42. The van der Waals surface area contributed by atoms with E-state index in [9.17, 15) is 4.79 Å². The Kier molecular flexibility index (Phi) is 3.74. The Balaban J connectivity index is 2.53. The minimum absolute atomic E-state index is 0.0599. The highest BCUT2D eigenvalue weighted by Crippen LogP contribution is 2.39. The molecular formula is C7H12O3S2. The molecule has 1 aliphatic heterocycles. The normalized spacial score (nSPS) is 29.1. The van der Waals surface area contributed by atoms with Crippen molar-refractivity contribution in [2.45, 2.75) is 11.2 Å². The van der Waals surface area contributed by atoms with Crippen LogP contribution in [0.3, 0.4) is 0 Å². The van der Waals surface area contributed by atoms with Crippen LogP contribution in [0.5, 0.6) is 0 Å². The third-order valence-electron chi connectivity index (χ3n) is 1.84. The maximum atomic E-state index is 10.9. The predicted molar refractivity (Wildman–Crippen MR) is 51.9 cm³/mol. The van der Waals surface area contributed by atoms with Crippen LogP contribution in [0.4, 0.5) is 0 Å². The summed E-state index contributed by atoms with van der Waals surface area (Å²) in [5.41, 5.74) is 0. The van der Waals surface area contributed by atoms with Crippen molar-refractivity contribution in [2.24, 2.45) is 0 Å². The molecule has 1 saturated heterocycles.